The van der Waals surface area contributed by atoms with Crippen molar-refractivity contribution in [1.29, 1.82) is 0 Å². The van der Waals surface area contributed by atoms with E-state index < -0.39 is 0 Å². The van der Waals surface area contributed by atoms with Gasteiger partial charge in [-0.15, -0.1) is 0 Å². The zero-order valence-electron chi connectivity index (χ0n) is 50.2. The number of nitrogens with one attached hydrogen (secondary N) is 2. The van der Waals surface area contributed by atoms with Crippen molar-refractivity contribution < 1.29 is 18.4 Å². The van der Waals surface area contributed by atoms with E-state index in [9.17, 15) is 18.8 Å². The van der Waals surface area contributed by atoms with E-state index in [4.69, 9.17) is 0 Å². The van der Waals surface area contributed by atoms with Crippen LogP contribution in [0.4, 0.5) is 14.5 Å². The van der Waals surface area contributed by atoms with Gasteiger partial charge in [0, 0.05) is 105 Å². The van der Waals surface area contributed by atoms with Crippen molar-refractivity contribution in [3.63, 3.8) is 0 Å². The Morgan fingerprint density at radius 2 is 1.64 bits per heavy atom. The molecule has 77 heavy (non-hydrogen) atoms. The maximum absolute atomic E-state index is 15.9. The Hall–Kier alpha value is -5.30. The zero-order chi connectivity index (χ0) is 57.4. The van der Waals surface area contributed by atoms with Crippen molar-refractivity contribution in [3.05, 3.63) is 133 Å². The first kappa shape index (κ1) is 66.0. The fraction of sp³-hybridized carbons (Fsp3) is 0.569. The molecule has 1 aromatic heterocycles. The van der Waals surface area contributed by atoms with Crippen LogP contribution < -0.4 is 16.2 Å². The lowest BCUT2D eigenvalue weighted by Gasteiger charge is -2.37. The smallest absolute Gasteiger partial charge is 0.260 e. The summed E-state index contributed by atoms with van der Waals surface area (Å²) in [7, 11) is 3.72. The Bertz CT molecular complexity index is 2530. The van der Waals surface area contributed by atoms with E-state index in [0.29, 0.717) is 60.2 Å². The summed E-state index contributed by atoms with van der Waals surface area (Å²) in [5, 5.41) is 6.41. The average Bonchev–Trinajstić information content (AvgIpc) is 4.16. The number of fused-ring (bicyclic) bond motifs is 1. The lowest BCUT2D eigenvalue weighted by atomic mass is 9.91. The SMILES string of the molecule is C=C(/C=C(\C)C(C)N1CC=C(c2c(C)cc(C(=O)N3CCC(CN(CCC)C(C)CC)CC3)cc2F)CC1)/C(=C\C=NC)n1ccc2c(c1=O)CCN2.CC.CCC.CCc1cc(C(C)C=O)c(C)cc1F.CNC1CC1. The first-order valence-electron chi connectivity index (χ1n) is 29.1. The summed E-state index contributed by atoms with van der Waals surface area (Å²) in [6.45, 7) is 37.0. The number of aryl methyl sites for hydroxylation is 3. The van der Waals surface area contributed by atoms with Crippen LogP contribution in [0, 0.1) is 31.4 Å². The normalized spacial score (nSPS) is 17.0. The maximum Gasteiger partial charge on any atom is 0.260 e. The predicted octanol–water partition coefficient (Wildman–Crippen LogP) is 13.7. The number of aromatic nitrogens is 1. The minimum atomic E-state index is -0.320. The highest BCUT2D eigenvalue weighted by molar-refractivity contribution is 5.95. The number of pyridine rings is 1. The van der Waals surface area contributed by atoms with Gasteiger partial charge < -0.3 is 25.2 Å². The second-order valence-electron chi connectivity index (χ2n) is 21.1. The number of hydrogen-bond acceptors (Lipinski definition) is 8. The average molecular weight is 1060 g/mol. The number of aliphatic imine (C=N–C) groups is 1. The molecule has 10 nitrogen and oxygen atoms in total. The van der Waals surface area contributed by atoms with Crippen molar-refractivity contribution in [2.24, 2.45) is 10.9 Å². The highest BCUT2D eigenvalue weighted by Gasteiger charge is 2.28. The number of benzene rings is 2. The molecule has 3 unspecified atom stereocenters. The van der Waals surface area contributed by atoms with Gasteiger partial charge >= 0.3 is 0 Å². The van der Waals surface area contributed by atoms with Gasteiger partial charge in [0.1, 0.15) is 17.9 Å². The van der Waals surface area contributed by atoms with Crippen LogP contribution in [0.25, 0.3) is 11.3 Å². The lowest BCUT2D eigenvalue weighted by molar-refractivity contribution is -0.108. The molecule has 2 N–H and O–H groups in total. The molecule has 0 radical (unpaired) electrons. The number of rotatable bonds is 18. The van der Waals surface area contributed by atoms with E-state index in [2.05, 4.69) is 86.5 Å². The summed E-state index contributed by atoms with van der Waals surface area (Å²) in [6.07, 6.45) is 20.8. The van der Waals surface area contributed by atoms with Gasteiger partial charge in [0.2, 0.25) is 0 Å². The zero-order valence-corrected chi connectivity index (χ0v) is 50.2. The van der Waals surface area contributed by atoms with Gasteiger partial charge in [0.25, 0.3) is 11.5 Å². The molecule has 7 rings (SSSR count). The fourth-order valence-electron chi connectivity index (χ4n) is 10.1. The first-order valence-corrected chi connectivity index (χ1v) is 29.1. The number of carbonyl (C=O) groups excluding carboxylic acids is 2. The molecule has 1 aliphatic carbocycles. The number of hydrogen-bond donors (Lipinski definition) is 2. The van der Waals surface area contributed by atoms with Crippen molar-refractivity contribution in [2.45, 2.75) is 178 Å². The van der Waals surface area contributed by atoms with Crippen molar-refractivity contribution >= 4 is 35.4 Å². The van der Waals surface area contributed by atoms with Gasteiger partial charge in [0.15, 0.2) is 0 Å². The third-order valence-corrected chi connectivity index (χ3v) is 15.2. The number of amides is 1. The predicted molar refractivity (Wildman–Crippen MR) is 324 cm³/mol. The number of allylic oxidation sites excluding steroid dienone is 4. The Balaban J connectivity index is 0.000000535. The summed E-state index contributed by atoms with van der Waals surface area (Å²) in [5.41, 5.74) is 9.50. The quantitative estimate of drug-likeness (QED) is 0.0743. The second-order valence-corrected chi connectivity index (χ2v) is 21.1. The molecule has 2 aromatic carbocycles. The second kappa shape index (κ2) is 33.9. The number of carbonyl (C=O) groups is 2. The molecule has 3 aliphatic heterocycles. The molecule has 4 aliphatic rings. The molecule has 0 spiro atoms. The fourth-order valence-corrected chi connectivity index (χ4v) is 10.1. The third kappa shape index (κ3) is 19.2. The summed E-state index contributed by atoms with van der Waals surface area (Å²) >= 11 is 0. The topological polar surface area (TPSA) is 102 Å². The molecular formula is C65H99F2N7O3. The van der Waals surface area contributed by atoms with Crippen molar-refractivity contribution in [2.75, 3.05) is 65.2 Å². The number of nitrogens with zero attached hydrogens (tertiary/aromatic N) is 5. The third-order valence-electron chi connectivity index (χ3n) is 15.2. The molecule has 3 atom stereocenters. The van der Waals surface area contributed by atoms with E-state index in [1.165, 1.54) is 31.4 Å². The van der Waals surface area contributed by atoms with Gasteiger partial charge in [-0.3, -0.25) is 24.0 Å². The lowest BCUT2D eigenvalue weighted by Crippen LogP contribution is -2.43. The van der Waals surface area contributed by atoms with Gasteiger partial charge in [0.05, 0.1) is 5.70 Å². The largest absolute Gasteiger partial charge is 0.384 e. The van der Waals surface area contributed by atoms with Gasteiger partial charge in [-0.2, -0.15) is 0 Å². The van der Waals surface area contributed by atoms with Gasteiger partial charge in [-0.25, -0.2) is 8.78 Å². The highest BCUT2D eigenvalue weighted by Crippen LogP contribution is 2.32. The van der Waals surface area contributed by atoms with Crippen LogP contribution >= 0.6 is 0 Å². The molecule has 1 amide bonds. The molecule has 4 heterocycles. The van der Waals surface area contributed by atoms with Crippen LogP contribution in [-0.2, 0) is 17.6 Å². The summed E-state index contributed by atoms with van der Waals surface area (Å²) < 4.78 is 30.8. The minimum Gasteiger partial charge on any atom is -0.384 e. The van der Waals surface area contributed by atoms with Crippen LogP contribution in [0.1, 0.15) is 177 Å². The Morgan fingerprint density at radius 3 is 2.17 bits per heavy atom. The molecule has 1 saturated carbocycles. The van der Waals surface area contributed by atoms with Crippen molar-refractivity contribution in [1.82, 2.24) is 24.6 Å². The van der Waals surface area contributed by atoms with E-state index in [-0.39, 0.29) is 35.1 Å². The van der Waals surface area contributed by atoms with E-state index >= 15 is 4.39 Å². The number of halogens is 2. The Labute approximate surface area is 464 Å². The molecule has 12 heteroatoms. The molecule has 2 fully saturated rings. The van der Waals surface area contributed by atoms with E-state index in [0.717, 1.165) is 122 Å². The van der Waals surface area contributed by atoms with Crippen LogP contribution in [0.5, 0.6) is 0 Å². The van der Waals surface area contributed by atoms with Crippen LogP contribution in [0.2, 0.25) is 0 Å². The molecule has 3 aromatic rings. The Morgan fingerprint density at radius 1 is 0.961 bits per heavy atom. The summed E-state index contributed by atoms with van der Waals surface area (Å²) in [6, 6.07) is 10.1. The number of likely N-dealkylation sites (tertiary alicyclic amines) is 1. The summed E-state index contributed by atoms with van der Waals surface area (Å²) in [4.78, 5) is 48.6. The Kier molecular flexibility index (Phi) is 29.0. The molecule has 1 saturated heterocycles. The number of anilines is 1. The standard InChI is InChI=1S/C44H61FN6O2.C12H15FO.C4H9N.C3H8.C2H6/c1-9-20-50(33(6)10-2)29-35-13-21-49(22-14-35)43(52)37-27-32(5)42(39(45)28-37)36-15-23-48(24-16-36)34(7)30(3)26-31(4)41(12-18-46-8)51-25-17-40-38(44(51)53)11-19-47-40;1-4-10-6-11(9(3)7-14)8(2)5-12(10)13;1-5-4-2-3-4;1-3-2;1-2/h12,15,17-18,25-28,33-35,47H,4,9-11,13-14,16,19-24,29H2,1-3,5-8H3;5-7,9H,4H2,1-3H3;4-5H,2-3H2,1H3;3H2,1-2H3;1-2H3/b30-26+,41-12+,46-18?;;;;. The number of piperidine rings is 1. The monoisotopic (exact) mass is 1060 g/mol. The van der Waals surface area contributed by atoms with E-state index in [1.54, 1.807) is 30.1 Å². The van der Waals surface area contributed by atoms with E-state index in [1.807, 2.05) is 77.8 Å². The summed E-state index contributed by atoms with van der Waals surface area (Å²) in [5.74, 6) is -0.121. The van der Waals surface area contributed by atoms with Crippen LogP contribution in [-0.4, -0.2) is 116 Å². The van der Waals surface area contributed by atoms with Gasteiger partial charge in [-0.1, -0.05) is 92.2 Å². The highest BCUT2D eigenvalue weighted by atomic mass is 19.1. The molecule has 0 bridgehead atoms. The van der Waals surface area contributed by atoms with Crippen LogP contribution in [0.3, 0.4) is 0 Å². The molecule has 426 valence electrons. The van der Waals surface area contributed by atoms with Gasteiger partial charge in [-0.05, 0) is 176 Å². The minimum absolute atomic E-state index is 0.0383. The molecular weight excluding hydrogens is 965 g/mol. The van der Waals surface area contributed by atoms with Crippen molar-refractivity contribution in [3.8, 4) is 0 Å². The maximum atomic E-state index is 15.9. The first-order chi connectivity index (χ1) is 36.9. The van der Waals surface area contributed by atoms with Crippen LogP contribution in [0.15, 0.2) is 82.3 Å². The number of aldehydes is 1.